The third-order valence-corrected chi connectivity index (χ3v) is 4.50. The van der Waals surface area contributed by atoms with E-state index in [1.54, 1.807) is 13.3 Å². The first-order valence-electron chi connectivity index (χ1n) is 7.40. The predicted octanol–water partition coefficient (Wildman–Crippen LogP) is 3.54. The summed E-state index contributed by atoms with van der Waals surface area (Å²) in [5.41, 5.74) is 4.33. The van der Waals surface area contributed by atoms with Gasteiger partial charge in [0.05, 0.1) is 23.9 Å². The molecule has 0 bridgehead atoms. The number of methoxy groups -OCH3 is 1. The molecule has 0 heterocycles. The average Bonchev–Trinajstić information content (AvgIpc) is 2.61. The van der Waals surface area contributed by atoms with Gasteiger partial charge in [-0.2, -0.15) is 13.5 Å². The van der Waals surface area contributed by atoms with Gasteiger partial charge in [-0.05, 0) is 58.8 Å². The van der Waals surface area contributed by atoms with Gasteiger partial charge in [-0.15, -0.1) is 0 Å². The molecule has 25 heavy (non-hydrogen) atoms. The Morgan fingerprint density at radius 1 is 1.00 bits per heavy atom. The monoisotopic (exact) mass is 356 g/mol. The summed E-state index contributed by atoms with van der Waals surface area (Å²) in [4.78, 5) is -0.160. The second-order valence-electron chi connectivity index (χ2n) is 5.34. The highest BCUT2D eigenvalue weighted by Crippen LogP contribution is 2.21. The molecule has 7 heteroatoms. The lowest BCUT2D eigenvalue weighted by Gasteiger charge is -2.04. The van der Waals surface area contributed by atoms with E-state index in [0.717, 1.165) is 22.1 Å². The zero-order valence-corrected chi connectivity index (χ0v) is 14.2. The van der Waals surface area contributed by atoms with Crippen molar-refractivity contribution in [3.05, 3.63) is 66.2 Å². The molecule has 6 nitrogen and oxygen atoms in total. The van der Waals surface area contributed by atoms with Gasteiger partial charge in [-0.25, -0.2) is 0 Å². The molecule has 0 amide bonds. The Labute approximate surface area is 145 Å². The summed E-state index contributed by atoms with van der Waals surface area (Å²) in [5, 5.41) is 6.28. The van der Waals surface area contributed by atoms with Gasteiger partial charge >= 0.3 is 0 Å². The molecule has 3 aromatic carbocycles. The lowest BCUT2D eigenvalue weighted by atomic mass is 10.1. The number of hydrogen-bond acceptors (Lipinski definition) is 5. The van der Waals surface area contributed by atoms with E-state index >= 15 is 0 Å². The molecule has 128 valence electrons. The highest BCUT2D eigenvalue weighted by molar-refractivity contribution is 7.85. The first kappa shape index (κ1) is 16.9. The number of nitrogens with zero attached hydrogens (tertiary/aromatic N) is 1. The van der Waals surface area contributed by atoms with Crippen LogP contribution in [-0.2, 0) is 10.1 Å². The topological polar surface area (TPSA) is 88.0 Å². The predicted molar refractivity (Wildman–Crippen MR) is 98.0 cm³/mol. The normalized spacial score (nSPS) is 11.8. The van der Waals surface area contributed by atoms with Crippen molar-refractivity contribution in [1.29, 1.82) is 0 Å². The molecule has 0 unspecified atom stereocenters. The van der Waals surface area contributed by atoms with Crippen molar-refractivity contribution < 1.29 is 17.7 Å². The van der Waals surface area contributed by atoms with Crippen LogP contribution < -0.4 is 10.2 Å². The van der Waals surface area contributed by atoms with Crippen molar-refractivity contribution in [2.45, 2.75) is 4.90 Å². The molecule has 0 fully saturated rings. The minimum atomic E-state index is -4.18. The van der Waals surface area contributed by atoms with Crippen LogP contribution in [0.2, 0.25) is 0 Å². The third-order valence-electron chi connectivity index (χ3n) is 3.63. The van der Waals surface area contributed by atoms with Crippen molar-refractivity contribution in [2.24, 2.45) is 5.10 Å². The maximum atomic E-state index is 11.0. The van der Waals surface area contributed by atoms with Crippen LogP contribution in [0.15, 0.2) is 70.7 Å². The summed E-state index contributed by atoms with van der Waals surface area (Å²) >= 11 is 0. The van der Waals surface area contributed by atoms with Crippen molar-refractivity contribution in [3.8, 4) is 5.75 Å². The van der Waals surface area contributed by atoms with E-state index in [1.165, 1.54) is 24.3 Å². The van der Waals surface area contributed by atoms with Crippen molar-refractivity contribution in [2.75, 3.05) is 12.5 Å². The fourth-order valence-electron chi connectivity index (χ4n) is 2.33. The molecule has 0 saturated carbocycles. The first-order valence-corrected chi connectivity index (χ1v) is 8.84. The zero-order chi connectivity index (χ0) is 17.9. The smallest absolute Gasteiger partial charge is 0.294 e. The number of ether oxygens (including phenoxy) is 1. The van der Waals surface area contributed by atoms with Gasteiger partial charge in [-0.3, -0.25) is 9.98 Å². The number of anilines is 1. The highest BCUT2D eigenvalue weighted by Gasteiger charge is 2.07. The van der Waals surface area contributed by atoms with E-state index in [4.69, 9.17) is 9.29 Å². The fraction of sp³-hybridized carbons (Fsp3) is 0.0556. The SMILES string of the molecule is COc1ccc2cc(/C=N/Nc3ccc(S(=O)(=O)O)cc3)ccc2c1. The van der Waals surface area contributed by atoms with E-state index in [2.05, 4.69) is 10.5 Å². The average molecular weight is 356 g/mol. The molecular formula is C18H16N2O4S. The van der Waals surface area contributed by atoms with E-state index in [9.17, 15) is 8.42 Å². The molecule has 0 aliphatic heterocycles. The summed E-state index contributed by atoms with van der Waals surface area (Å²) in [5.74, 6) is 0.809. The van der Waals surface area contributed by atoms with E-state index < -0.39 is 10.1 Å². The van der Waals surface area contributed by atoms with Crippen molar-refractivity contribution >= 4 is 32.8 Å². The van der Waals surface area contributed by atoms with Crippen LogP contribution in [-0.4, -0.2) is 26.3 Å². The van der Waals surface area contributed by atoms with Gasteiger partial charge in [0.1, 0.15) is 5.75 Å². The molecular weight excluding hydrogens is 340 g/mol. The highest BCUT2D eigenvalue weighted by atomic mass is 32.2. The standard InChI is InChI=1S/C18H16N2O4S/c1-24-17-7-4-14-10-13(2-3-15(14)11-17)12-19-20-16-5-8-18(9-6-16)25(21,22)23/h2-12,20H,1H3,(H,21,22,23)/b19-12+. The van der Waals surface area contributed by atoms with Crippen LogP contribution in [0.1, 0.15) is 5.56 Å². The summed E-state index contributed by atoms with van der Waals surface area (Å²) in [6, 6.07) is 17.4. The van der Waals surface area contributed by atoms with Crippen LogP contribution in [0.5, 0.6) is 5.75 Å². The minimum Gasteiger partial charge on any atom is -0.497 e. The van der Waals surface area contributed by atoms with Gasteiger partial charge in [0.25, 0.3) is 10.1 Å². The number of fused-ring (bicyclic) bond motifs is 1. The Morgan fingerprint density at radius 2 is 1.68 bits per heavy atom. The summed E-state index contributed by atoms with van der Waals surface area (Å²) in [6.45, 7) is 0. The number of nitrogens with one attached hydrogen (secondary N) is 1. The first-order chi connectivity index (χ1) is 12.0. The molecule has 2 N–H and O–H groups in total. The van der Waals surface area contributed by atoms with E-state index in [-0.39, 0.29) is 4.90 Å². The minimum absolute atomic E-state index is 0.160. The molecule has 0 saturated heterocycles. The number of hydrogen-bond donors (Lipinski definition) is 2. The number of hydrazone groups is 1. The molecule has 3 aromatic rings. The molecule has 0 aromatic heterocycles. The van der Waals surface area contributed by atoms with Crippen molar-refractivity contribution in [3.63, 3.8) is 0 Å². The van der Waals surface area contributed by atoms with Crippen LogP contribution in [0.3, 0.4) is 0 Å². The van der Waals surface area contributed by atoms with E-state index in [1.807, 2.05) is 36.4 Å². The molecule has 0 radical (unpaired) electrons. The fourth-order valence-corrected chi connectivity index (χ4v) is 2.81. The number of rotatable bonds is 5. The van der Waals surface area contributed by atoms with Gasteiger partial charge in [0.15, 0.2) is 0 Å². The molecule has 0 atom stereocenters. The third kappa shape index (κ3) is 4.14. The van der Waals surface area contributed by atoms with Gasteiger partial charge in [0, 0.05) is 0 Å². The van der Waals surface area contributed by atoms with Gasteiger partial charge in [0.2, 0.25) is 0 Å². The van der Waals surface area contributed by atoms with Crippen LogP contribution in [0.25, 0.3) is 10.8 Å². The molecule has 0 spiro atoms. The molecule has 0 aliphatic carbocycles. The Morgan fingerprint density at radius 3 is 2.36 bits per heavy atom. The maximum absolute atomic E-state index is 11.0. The lowest BCUT2D eigenvalue weighted by molar-refractivity contribution is 0.415. The Hall–Kier alpha value is -2.90. The second kappa shape index (κ2) is 6.92. The number of benzene rings is 3. The summed E-state index contributed by atoms with van der Waals surface area (Å²) in [7, 11) is -2.55. The maximum Gasteiger partial charge on any atom is 0.294 e. The lowest BCUT2D eigenvalue weighted by Crippen LogP contribution is -1.98. The van der Waals surface area contributed by atoms with Crippen molar-refractivity contribution in [1.82, 2.24) is 0 Å². The van der Waals surface area contributed by atoms with Gasteiger partial charge in [-0.1, -0.05) is 18.2 Å². The summed E-state index contributed by atoms with van der Waals surface area (Å²) in [6.07, 6.45) is 1.67. The van der Waals surface area contributed by atoms with Crippen LogP contribution in [0, 0.1) is 0 Å². The Balaban J connectivity index is 1.72. The zero-order valence-electron chi connectivity index (χ0n) is 13.4. The van der Waals surface area contributed by atoms with Crippen LogP contribution >= 0.6 is 0 Å². The Bertz CT molecular complexity index is 1030. The summed E-state index contributed by atoms with van der Waals surface area (Å²) < 4.78 is 36.1. The van der Waals surface area contributed by atoms with Gasteiger partial charge < -0.3 is 4.74 Å². The largest absolute Gasteiger partial charge is 0.497 e. The Kier molecular flexibility index (Phi) is 4.69. The molecule has 0 aliphatic rings. The second-order valence-corrected chi connectivity index (χ2v) is 6.76. The van der Waals surface area contributed by atoms with E-state index in [0.29, 0.717) is 5.69 Å². The van der Waals surface area contributed by atoms with Crippen LogP contribution in [0.4, 0.5) is 5.69 Å². The molecule has 3 rings (SSSR count). The quantitative estimate of drug-likeness (QED) is 0.415.